The van der Waals surface area contributed by atoms with Gasteiger partial charge in [0.1, 0.15) is 12.1 Å². The lowest BCUT2D eigenvalue weighted by Crippen LogP contribution is -2.58. The molecule has 0 rings (SSSR count). The third kappa shape index (κ3) is 14.0. The average molecular weight is 520 g/mol. The fourth-order valence-corrected chi connectivity index (χ4v) is 4.28. The van der Waals surface area contributed by atoms with Gasteiger partial charge in [0.15, 0.2) is 0 Å². The molecular formula is C25H49N3O6S. The third-order valence-electron chi connectivity index (χ3n) is 5.94. The molecule has 5 N–H and O–H groups in total. The second-order valence-electron chi connectivity index (χ2n) is 10.3. The van der Waals surface area contributed by atoms with E-state index in [1.165, 1.54) is 6.26 Å². The Balaban J connectivity index is 5.55. The highest BCUT2D eigenvalue weighted by molar-refractivity contribution is 7.84. The number of rotatable bonds is 18. The number of carbonyl (C=O) groups excluding carboxylic acids is 3. The summed E-state index contributed by atoms with van der Waals surface area (Å²) < 4.78 is 11.7. The van der Waals surface area contributed by atoms with Gasteiger partial charge < -0.3 is 26.2 Å². The first kappa shape index (κ1) is 33.5. The molecule has 0 spiro atoms. The first-order valence-electron chi connectivity index (χ1n) is 12.8. The molecule has 0 heterocycles. The van der Waals surface area contributed by atoms with Crippen molar-refractivity contribution in [1.29, 1.82) is 0 Å². The van der Waals surface area contributed by atoms with Crippen molar-refractivity contribution in [2.45, 2.75) is 104 Å². The molecule has 10 heteroatoms. The second kappa shape index (κ2) is 17.8. The molecule has 0 saturated carbocycles. The summed E-state index contributed by atoms with van der Waals surface area (Å²) in [6.07, 6.45) is 4.19. The topological polar surface area (TPSA) is 145 Å². The first-order chi connectivity index (χ1) is 16.3. The Morgan fingerprint density at radius 1 is 0.943 bits per heavy atom. The van der Waals surface area contributed by atoms with Crippen molar-refractivity contribution in [2.75, 3.05) is 18.6 Å². The SMILES string of the molecule is CCCCCC(=O)N[C@H](C(=O)N[C@@H](CC[S@@](C)=O)C(=O)N[C@@H](CC(C)C)[C@@H](O)[C@H](C)CO)C(C)C. The van der Waals surface area contributed by atoms with Gasteiger partial charge in [-0.1, -0.05) is 54.4 Å². The predicted octanol–water partition coefficient (Wildman–Crippen LogP) is 1.48. The first-order valence-corrected chi connectivity index (χ1v) is 14.6. The lowest BCUT2D eigenvalue weighted by atomic mass is 9.91. The smallest absolute Gasteiger partial charge is 0.243 e. The number of aliphatic hydroxyl groups is 2. The molecular weight excluding hydrogens is 470 g/mol. The molecule has 0 aromatic carbocycles. The molecule has 0 fully saturated rings. The normalized spacial score (nSPS) is 16.8. The lowest BCUT2D eigenvalue weighted by molar-refractivity contribution is -0.133. The zero-order valence-electron chi connectivity index (χ0n) is 22.6. The number of carbonyl (C=O) groups is 3. The van der Waals surface area contributed by atoms with Crippen LogP contribution in [0.4, 0.5) is 0 Å². The Morgan fingerprint density at radius 3 is 2.06 bits per heavy atom. The van der Waals surface area contributed by atoms with Crippen LogP contribution in [0.3, 0.4) is 0 Å². The van der Waals surface area contributed by atoms with E-state index in [1.54, 1.807) is 6.92 Å². The van der Waals surface area contributed by atoms with Gasteiger partial charge in [0, 0.05) is 41.8 Å². The maximum absolute atomic E-state index is 13.2. The highest BCUT2D eigenvalue weighted by Crippen LogP contribution is 2.15. The lowest BCUT2D eigenvalue weighted by Gasteiger charge is -2.31. The van der Waals surface area contributed by atoms with Crippen LogP contribution in [0.2, 0.25) is 0 Å². The van der Waals surface area contributed by atoms with E-state index in [1.807, 2.05) is 34.6 Å². The molecule has 35 heavy (non-hydrogen) atoms. The van der Waals surface area contributed by atoms with Gasteiger partial charge in [-0.05, 0) is 31.1 Å². The quantitative estimate of drug-likeness (QED) is 0.174. The van der Waals surface area contributed by atoms with Crippen molar-refractivity contribution in [3.05, 3.63) is 0 Å². The van der Waals surface area contributed by atoms with Crippen LogP contribution in [0.25, 0.3) is 0 Å². The highest BCUT2D eigenvalue weighted by Gasteiger charge is 2.32. The van der Waals surface area contributed by atoms with E-state index in [-0.39, 0.29) is 36.5 Å². The van der Waals surface area contributed by atoms with E-state index in [4.69, 9.17) is 0 Å². The van der Waals surface area contributed by atoms with E-state index in [9.17, 15) is 28.8 Å². The van der Waals surface area contributed by atoms with E-state index in [0.717, 1.165) is 19.3 Å². The maximum Gasteiger partial charge on any atom is 0.243 e. The molecule has 0 aliphatic rings. The summed E-state index contributed by atoms with van der Waals surface area (Å²) >= 11 is 0. The molecule has 9 nitrogen and oxygen atoms in total. The summed E-state index contributed by atoms with van der Waals surface area (Å²) in [7, 11) is -1.17. The molecule has 3 amide bonds. The van der Waals surface area contributed by atoms with E-state index in [2.05, 4.69) is 16.0 Å². The van der Waals surface area contributed by atoms with Crippen LogP contribution in [0.15, 0.2) is 0 Å². The van der Waals surface area contributed by atoms with Crippen LogP contribution in [0.5, 0.6) is 0 Å². The summed E-state index contributed by atoms with van der Waals surface area (Å²) in [5, 5.41) is 28.5. The van der Waals surface area contributed by atoms with Crippen LogP contribution in [-0.4, -0.2) is 75.0 Å². The van der Waals surface area contributed by atoms with Crippen molar-refractivity contribution < 1.29 is 28.8 Å². The Kier molecular flexibility index (Phi) is 17.1. The van der Waals surface area contributed by atoms with Gasteiger partial charge in [0.2, 0.25) is 17.7 Å². The van der Waals surface area contributed by atoms with Crippen molar-refractivity contribution in [3.8, 4) is 0 Å². The van der Waals surface area contributed by atoms with Gasteiger partial charge in [-0.25, -0.2) is 0 Å². The van der Waals surface area contributed by atoms with E-state index in [0.29, 0.717) is 12.8 Å². The Bertz CT molecular complexity index is 674. The number of amides is 3. The fourth-order valence-electron chi connectivity index (χ4n) is 3.71. The predicted molar refractivity (Wildman–Crippen MR) is 140 cm³/mol. The highest BCUT2D eigenvalue weighted by atomic mass is 32.2. The number of aliphatic hydroxyl groups excluding tert-OH is 2. The summed E-state index contributed by atoms with van der Waals surface area (Å²) in [5.41, 5.74) is 0. The molecule has 0 aliphatic heterocycles. The Hall–Kier alpha value is -1.52. The molecule has 0 unspecified atom stereocenters. The van der Waals surface area contributed by atoms with Gasteiger partial charge >= 0.3 is 0 Å². The van der Waals surface area contributed by atoms with Gasteiger partial charge in [0.25, 0.3) is 0 Å². The van der Waals surface area contributed by atoms with Gasteiger partial charge in [-0.3, -0.25) is 18.6 Å². The van der Waals surface area contributed by atoms with E-state index < -0.39 is 52.8 Å². The minimum atomic E-state index is -1.17. The fraction of sp³-hybridized carbons (Fsp3) is 0.880. The van der Waals surface area contributed by atoms with Crippen molar-refractivity contribution in [1.82, 2.24) is 16.0 Å². The van der Waals surface area contributed by atoms with Crippen LogP contribution in [0.1, 0.15) is 80.1 Å². The van der Waals surface area contributed by atoms with Gasteiger partial charge in [-0.15, -0.1) is 0 Å². The zero-order chi connectivity index (χ0) is 27.1. The Labute approximate surface area is 214 Å². The van der Waals surface area contributed by atoms with Crippen LogP contribution >= 0.6 is 0 Å². The molecule has 0 aliphatic carbocycles. The summed E-state index contributed by atoms with van der Waals surface area (Å²) in [6, 6.07) is -2.40. The Morgan fingerprint density at radius 2 is 1.57 bits per heavy atom. The molecule has 0 radical (unpaired) electrons. The van der Waals surface area contributed by atoms with Crippen molar-refractivity contribution in [3.63, 3.8) is 0 Å². The van der Waals surface area contributed by atoms with Crippen LogP contribution < -0.4 is 16.0 Å². The van der Waals surface area contributed by atoms with Crippen molar-refractivity contribution in [2.24, 2.45) is 17.8 Å². The molecule has 206 valence electrons. The van der Waals surface area contributed by atoms with Crippen LogP contribution in [0, 0.1) is 17.8 Å². The molecule has 0 saturated heterocycles. The molecule has 0 aromatic rings. The van der Waals surface area contributed by atoms with Gasteiger partial charge in [-0.2, -0.15) is 0 Å². The molecule has 0 aromatic heterocycles. The molecule has 0 bridgehead atoms. The summed E-state index contributed by atoms with van der Waals surface area (Å²) in [5.74, 6) is -1.44. The zero-order valence-corrected chi connectivity index (χ0v) is 23.5. The average Bonchev–Trinajstić information content (AvgIpc) is 2.77. The number of unbranched alkanes of at least 4 members (excludes halogenated alkanes) is 2. The monoisotopic (exact) mass is 519 g/mol. The summed E-state index contributed by atoms with van der Waals surface area (Å²) in [4.78, 5) is 38.6. The van der Waals surface area contributed by atoms with Gasteiger partial charge in [0.05, 0.1) is 12.1 Å². The van der Waals surface area contributed by atoms with E-state index >= 15 is 0 Å². The second-order valence-corrected chi connectivity index (χ2v) is 11.8. The van der Waals surface area contributed by atoms with Crippen LogP contribution in [-0.2, 0) is 25.2 Å². The minimum absolute atomic E-state index is 0.149. The number of nitrogens with one attached hydrogen (secondary N) is 3. The largest absolute Gasteiger partial charge is 0.396 e. The molecule has 6 atom stereocenters. The third-order valence-corrected chi connectivity index (χ3v) is 6.75. The minimum Gasteiger partial charge on any atom is -0.396 e. The number of hydrogen-bond donors (Lipinski definition) is 5. The maximum atomic E-state index is 13.2. The summed E-state index contributed by atoms with van der Waals surface area (Å²) in [6.45, 7) is 11.1. The van der Waals surface area contributed by atoms with Crippen molar-refractivity contribution >= 4 is 28.5 Å². The number of hydrogen-bond acceptors (Lipinski definition) is 6. The standard InChI is InChI=1S/C25H49N3O6S/c1-8-9-10-11-21(30)28-22(17(4)5)25(33)26-19(12-13-35(7)34)24(32)27-20(14-16(2)3)23(31)18(6)15-29/h16-20,22-23,29,31H,8-15H2,1-7H3,(H,26,33)(H,27,32)(H,28,30)/t18-,19+,20+,22+,23+,35-/m1/s1.